The van der Waals surface area contributed by atoms with Gasteiger partial charge in [-0.05, 0) is 0 Å². The lowest BCUT2D eigenvalue weighted by Gasteiger charge is -1.94. The van der Waals surface area contributed by atoms with E-state index in [1.165, 1.54) is 0 Å². The van der Waals surface area contributed by atoms with Crippen LogP contribution in [0.25, 0.3) is 0 Å². The van der Waals surface area contributed by atoms with Crippen LogP contribution < -0.4 is 0 Å². The van der Waals surface area contributed by atoms with E-state index in [1.54, 1.807) is 0 Å². The van der Waals surface area contributed by atoms with Gasteiger partial charge >= 0.3 is 6.18 Å². The van der Waals surface area contributed by atoms with Gasteiger partial charge in [-0.1, -0.05) is 0 Å². The van der Waals surface area contributed by atoms with Gasteiger partial charge in [0, 0.05) is 0 Å². The molecule has 0 amide bonds. The van der Waals surface area contributed by atoms with Gasteiger partial charge < -0.3 is 4.74 Å². The van der Waals surface area contributed by atoms with E-state index < -0.39 is 6.18 Å². The second kappa shape index (κ2) is 2.59. The van der Waals surface area contributed by atoms with E-state index >= 15 is 0 Å². The van der Waals surface area contributed by atoms with Crippen molar-refractivity contribution in [2.24, 2.45) is 0 Å². The van der Waals surface area contributed by atoms with Crippen molar-refractivity contribution in [1.82, 2.24) is 0 Å². The monoisotopic (exact) mass is 126 g/mol. The highest BCUT2D eigenvalue weighted by Gasteiger charge is 2.21. The molecule has 0 spiro atoms. The predicted octanol–water partition coefficient (Wildman–Crippen LogP) is 1.71. The second-order valence-corrected chi connectivity index (χ2v) is 1.08. The number of hydrogen-bond acceptors (Lipinski definition) is 1. The van der Waals surface area contributed by atoms with Gasteiger partial charge in [-0.15, -0.1) is 0 Å². The number of allylic oxidation sites excluding steroid dienone is 1. The van der Waals surface area contributed by atoms with Crippen LogP contribution in [0.5, 0.6) is 0 Å². The molecule has 0 aromatic heterocycles. The highest BCUT2D eigenvalue weighted by atomic mass is 19.4. The van der Waals surface area contributed by atoms with E-state index in [1.807, 2.05) is 0 Å². The van der Waals surface area contributed by atoms with Gasteiger partial charge in [-0.2, -0.15) is 13.2 Å². The lowest BCUT2D eigenvalue weighted by atomic mass is 10.6. The van der Waals surface area contributed by atoms with Crippen LogP contribution in [0.2, 0.25) is 0 Å². The lowest BCUT2D eigenvalue weighted by Crippen LogP contribution is -2.00. The zero-order chi connectivity index (χ0) is 6.62. The Hall–Kier alpha value is -0.670. The molecule has 48 valence electrons. The third kappa shape index (κ3) is 5.33. The maximum Gasteiger partial charge on any atom is 0.412 e. The predicted molar refractivity (Wildman–Crippen MR) is 22.2 cm³/mol. The van der Waals surface area contributed by atoms with Gasteiger partial charge in [0.05, 0.1) is 19.4 Å². The van der Waals surface area contributed by atoms with Gasteiger partial charge in [-0.25, -0.2) is 0 Å². The maximum atomic E-state index is 11.1. The minimum absolute atomic E-state index is 0.0208. The minimum Gasteiger partial charge on any atom is -0.504 e. The molecular formula is C4H5F3O. The van der Waals surface area contributed by atoms with Crippen LogP contribution >= 0.6 is 0 Å². The average molecular weight is 126 g/mol. The van der Waals surface area contributed by atoms with Crippen molar-refractivity contribution in [2.75, 3.05) is 7.11 Å². The maximum absolute atomic E-state index is 11.1. The topological polar surface area (TPSA) is 9.23 Å². The summed E-state index contributed by atoms with van der Waals surface area (Å²) in [6, 6.07) is 0. The molecule has 0 fully saturated rings. The molecule has 0 aliphatic heterocycles. The Morgan fingerprint density at radius 3 is 2.00 bits per heavy atom. The summed E-state index contributed by atoms with van der Waals surface area (Å²) >= 11 is 0. The molecule has 0 aromatic carbocycles. The fourth-order valence-corrected chi connectivity index (χ4v) is 0.145. The third-order valence-corrected chi connectivity index (χ3v) is 0.393. The van der Waals surface area contributed by atoms with Crippen molar-refractivity contribution in [1.29, 1.82) is 0 Å². The van der Waals surface area contributed by atoms with Gasteiger partial charge in [0.2, 0.25) is 0 Å². The molecule has 0 N–H and O–H groups in total. The van der Waals surface area contributed by atoms with E-state index in [-0.39, 0.29) is 6.08 Å². The molecule has 0 rings (SSSR count). The first kappa shape index (κ1) is 7.33. The number of ether oxygens (including phenoxy) is 1. The number of hydrogen-bond donors (Lipinski definition) is 0. The molecular weight excluding hydrogens is 121 g/mol. The van der Waals surface area contributed by atoms with Crippen LogP contribution in [0.15, 0.2) is 12.3 Å². The zero-order valence-electron chi connectivity index (χ0n) is 4.20. The van der Waals surface area contributed by atoms with Crippen molar-refractivity contribution >= 4 is 0 Å². The molecule has 0 radical (unpaired) electrons. The second-order valence-electron chi connectivity index (χ2n) is 1.08. The van der Waals surface area contributed by atoms with E-state index in [9.17, 15) is 13.2 Å². The highest BCUT2D eigenvalue weighted by Crippen LogP contribution is 2.15. The molecule has 0 aromatic rings. The molecule has 4 heteroatoms. The summed E-state index contributed by atoms with van der Waals surface area (Å²) in [5, 5.41) is 0. The normalized spacial score (nSPS) is 12.5. The molecule has 8 heavy (non-hydrogen) atoms. The van der Waals surface area contributed by atoms with Gasteiger partial charge in [0.25, 0.3) is 0 Å². The number of methoxy groups -OCH3 is 1. The van der Waals surface area contributed by atoms with Gasteiger partial charge in [0.15, 0.2) is 0 Å². The van der Waals surface area contributed by atoms with Gasteiger partial charge in [0.1, 0.15) is 0 Å². The summed E-state index contributed by atoms with van der Waals surface area (Å²) in [5.41, 5.74) is 0. The molecule has 0 saturated carbocycles. The summed E-state index contributed by atoms with van der Waals surface area (Å²) in [6.45, 7) is 0. The molecule has 0 atom stereocenters. The fourth-order valence-electron chi connectivity index (χ4n) is 0.145. The standard InChI is InChI=1S/C4H5F3O/c1-8-3-2-4(5,6)7/h2-3H,1H3/b3-2+. The summed E-state index contributed by atoms with van der Waals surface area (Å²) in [6.07, 6.45) is -3.65. The van der Waals surface area contributed by atoms with Crippen molar-refractivity contribution in [3.8, 4) is 0 Å². The molecule has 1 nitrogen and oxygen atoms in total. The van der Waals surface area contributed by atoms with Crippen LogP contribution in [0.1, 0.15) is 0 Å². The quantitative estimate of drug-likeness (QED) is 0.486. The Balaban J connectivity index is 3.52. The largest absolute Gasteiger partial charge is 0.504 e. The molecule has 0 heterocycles. The summed E-state index contributed by atoms with van der Waals surface area (Å²) in [7, 11) is 1.16. The van der Waals surface area contributed by atoms with Crippen LogP contribution in [0.4, 0.5) is 13.2 Å². The first-order chi connectivity index (χ1) is 3.56. The summed E-state index contributed by atoms with van der Waals surface area (Å²) < 4.78 is 37.2. The molecule has 0 aliphatic rings. The van der Waals surface area contributed by atoms with Crippen LogP contribution in [0.3, 0.4) is 0 Å². The molecule has 0 aliphatic carbocycles. The SMILES string of the molecule is CO/C=C/C(F)(F)F. The Bertz CT molecular complexity index is 83.8. The highest BCUT2D eigenvalue weighted by molar-refractivity contribution is 4.81. The van der Waals surface area contributed by atoms with Crippen LogP contribution in [-0.4, -0.2) is 13.3 Å². The number of alkyl halides is 3. The number of rotatable bonds is 1. The van der Waals surface area contributed by atoms with E-state index in [0.29, 0.717) is 6.26 Å². The summed E-state index contributed by atoms with van der Waals surface area (Å²) in [5.74, 6) is 0. The van der Waals surface area contributed by atoms with Crippen molar-refractivity contribution in [3.05, 3.63) is 12.3 Å². The number of halogens is 3. The summed E-state index contributed by atoms with van der Waals surface area (Å²) in [4.78, 5) is 0. The fraction of sp³-hybridized carbons (Fsp3) is 0.500. The molecule has 0 unspecified atom stereocenters. The molecule has 0 saturated heterocycles. The van der Waals surface area contributed by atoms with Crippen molar-refractivity contribution in [3.63, 3.8) is 0 Å². The van der Waals surface area contributed by atoms with E-state index in [2.05, 4.69) is 4.74 Å². The van der Waals surface area contributed by atoms with E-state index in [4.69, 9.17) is 0 Å². The van der Waals surface area contributed by atoms with Crippen molar-refractivity contribution in [2.45, 2.75) is 6.18 Å². The Morgan fingerprint density at radius 2 is 1.88 bits per heavy atom. The van der Waals surface area contributed by atoms with Crippen molar-refractivity contribution < 1.29 is 17.9 Å². The van der Waals surface area contributed by atoms with E-state index in [0.717, 1.165) is 7.11 Å². The lowest BCUT2D eigenvalue weighted by molar-refractivity contribution is -0.0813. The molecule has 0 bridgehead atoms. The van der Waals surface area contributed by atoms with Gasteiger partial charge in [-0.3, -0.25) is 0 Å². The third-order valence-electron chi connectivity index (χ3n) is 0.393. The van der Waals surface area contributed by atoms with Crippen LogP contribution in [-0.2, 0) is 4.74 Å². The Morgan fingerprint density at radius 1 is 1.38 bits per heavy atom. The first-order valence-corrected chi connectivity index (χ1v) is 1.83. The smallest absolute Gasteiger partial charge is 0.412 e. The minimum atomic E-state index is -4.25. The first-order valence-electron chi connectivity index (χ1n) is 1.83. The zero-order valence-corrected chi connectivity index (χ0v) is 4.20. The average Bonchev–Trinajstić information content (AvgIpc) is 1.59. The Labute approximate surface area is 44.8 Å². The Kier molecular flexibility index (Phi) is 2.37. The van der Waals surface area contributed by atoms with Crippen LogP contribution in [0, 0.1) is 0 Å².